The van der Waals surface area contributed by atoms with Gasteiger partial charge in [0.25, 0.3) is 0 Å². The van der Waals surface area contributed by atoms with Crippen molar-refractivity contribution in [3.8, 4) is 5.75 Å². The van der Waals surface area contributed by atoms with Crippen LogP contribution >= 0.6 is 0 Å². The Bertz CT molecular complexity index is 899. The van der Waals surface area contributed by atoms with Crippen LogP contribution in [-0.2, 0) is 22.6 Å². The topological polar surface area (TPSA) is 67.7 Å². The predicted octanol–water partition coefficient (Wildman–Crippen LogP) is 3.68. The van der Waals surface area contributed by atoms with E-state index in [9.17, 15) is 9.59 Å². The highest BCUT2D eigenvalue weighted by Gasteiger charge is 2.26. The Morgan fingerprint density at radius 2 is 2.00 bits per heavy atom. The number of aryl methyl sites for hydroxylation is 2. The number of fused-ring (bicyclic) bond motifs is 3. The van der Waals surface area contributed by atoms with Gasteiger partial charge in [-0.3, -0.25) is 14.3 Å². The van der Waals surface area contributed by atoms with Gasteiger partial charge in [0.2, 0.25) is 11.8 Å². The summed E-state index contributed by atoms with van der Waals surface area (Å²) in [4.78, 5) is 30.0. The van der Waals surface area contributed by atoms with Crippen molar-refractivity contribution < 1.29 is 14.3 Å². The molecule has 178 valence electrons. The SMILES string of the molecule is O=C(CCCn1cccn1)N1CCCC(=O)N2CCCCC2CCc2cccc(c2)OCC1. The molecule has 4 rings (SSSR count). The quantitative estimate of drug-likeness (QED) is 0.710. The molecule has 0 aliphatic carbocycles. The van der Waals surface area contributed by atoms with Crippen molar-refractivity contribution in [1.29, 1.82) is 0 Å². The third kappa shape index (κ3) is 6.83. The van der Waals surface area contributed by atoms with E-state index in [2.05, 4.69) is 22.1 Å². The number of piperidine rings is 1. The van der Waals surface area contributed by atoms with Crippen LogP contribution in [-0.4, -0.2) is 63.7 Å². The minimum Gasteiger partial charge on any atom is -0.492 e. The molecule has 1 unspecified atom stereocenters. The van der Waals surface area contributed by atoms with Crippen LogP contribution in [0.15, 0.2) is 42.7 Å². The molecule has 2 aromatic rings. The first-order chi connectivity index (χ1) is 16.2. The lowest BCUT2D eigenvalue weighted by Crippen LogP contribution is -2.44. The first-order valence-corrected chi connectivity index (χ1v) is 12.5. The minimum absolute atomic E-state index is 0.118. The molecule has 0 saturated carbocycles. The zero-order chi connectivity index (χ0) is 22.9. The number of nitrogens with zero attached hydrogens (tertiary/aromatic N) is 4. The van der Waals surface area contributed by atoms with Crippen molar-refractivity contribution >= 4 is 11.8 Å². The molecular weight excluding hydrogens is 416 g/mol. The monoisotopic (exact) mass is 452 g/mol. The largest absolute Gasteiger partial charge is 0.492 e. The maximum absolute atomic E-state index is 13.0. The molecule has 1 aromatic carbocycles. The summed E-state index contributed by atoms with van der Waals surface area (Å²) in [6, 6.07) is 10.5. The summed E-state index contributed by atoms with van der Waals surface area (Å²) in [6.45, 7) is 3.17. The van der Waals surface area contributed by atoms with Gasteiger partial charge < -0.3 is 14.5 Å². The maximum Gasteiger partial charge on any atom is 0.222 e. The van der Waals surface area contributed by atoms with Crippen LogP contribution in [0.1, 0.15) is 56.9 Å². The Balaban J connectivity index is 1.40. The Morgan fingerprint density at radius 3 is 2.88 bits per heavy atom. The summed E-state index contributed by atoms with van der Waals surface area (Å²) in [6.07, 6.45) is 11.4. The van der Waals surface area contributed by atoms with E-state index < -0.39 is 0 Å². The molecule has 0 N–H and O–H groups in total. The molecule has 1 saturated heterocycles. The number of hydrogen-bond acceptors (Lipinski definition) is 4. The fourth-order valence-corrected chi connectivity index (χ4v) is 4.94. The third-order valence-corrected chi connectivity index (χ3v) is 6.75. The average molecular weight is 453 g/mol. The molecule has 1 aromatic heterocycles. The van der Waals surface area contributed by atoms with Gasteiger partial charge in [0, 0.05) is 50.9 Å². The zero-order valence-electron chi connectivity index (χ0n) is 19.5. The molecule has 33 heavy (non-hydrogen) atoms. The highest BCUT2D eigenvalue weighted by atomic mass is 16.5. The Morgan fingerprint density at radius 1 is 1.06 bits per heavy atom. The summed E-state index contributed by atoms with van der Waals surface area (Å²) in [7, 11) is 0. The summed E-state index contributed by atoms with van der Waals surface area (Å²) < 4.78 is 7.86. The first kappa shape index (κ1) is 23.3. The van der Waals surface area contributed by atoms with Gasteiger partial charge in [-0.2, -0.15) is 5.10 Å². The average Bonchev–Trinajstić information content (AvgIpc) is 3.35. The highest BCUT2D eigenvalue weighted by Crippen LogP contribution is 2.24. The van der Waals surface area contributed by atoms with Gasteiger partial charge in [-0.15, -0.1) is 0 Å². The lowest BCUT2D eigenvalue weighted by Gasteiger charge is -2.36. The minimum atomic E-state index is 0.118. The van der Waals surface area contributed by atoms with Crippen molar-refractivity contribution in [2.45, 2.75) is 70.4 Å². The van der Waals surface area contributed by atoms with Gasteiger partial charge in [-0.1, -0.05) is 12.1 Å². The second-order valence-corrected chi connectivity index (χ2v) is 9.13. The van der Waals surface area contributed by atoms with Crippen molar-refractivity contribution in [1.82, 2.24) is 19.6 Å². The molecule has 1 atom stereocenters. The summed E-state index contributed by atoms with van der Waals surface area (Å²) >= 11 is 0. The number of carbonyl (C=O) groups is 2. The van der Waals surface area contributed by atoms with E-state index in [4.69, 9.17) is 4.74 Å². The Kier molecular flexibility index (Phi) is 8.39. The van der Waals surface area contributed by atoms with Crippen molar-refractivity contribution in [2.75, 3.05) is 26.2 Å². The van der Waals surface area contributed by atoms with E-state index in [1.54, 1.807) is 6.20 Å². The highest BCUT2D eigenvalue weighted by molar-refractivity contribution is 5.77. The van der Waals surface area contributed by atoms with Gasteiger partial charge in [0.1, 0.15) is 12.4 Å². The van der Waals surface area contributed by atoms with Crippen LogP contribution in [0.5, 0.6) is 5.75 Å². The third-order valence-electron chi connectivity index (χ3n) is 6.75. The smallest absolute Gasteiger partial charge is 0.222 e. The maximum atomic E-state index is 13.0. The van der Waals surface area contributed by atoms with E-state index in [0.717, 1.165) is 50.9 Å². The van der Waals surface area contributed by atoms with Crippen LogP contribution in [0, 0.1) is 0 Å². The molecule has 2 bridgehead atoms. The summed E-state index contributed by atoms with van der Waals surface area (Å²) in [5.74, 6) is 1.21. The van der Waals surface area contributed by atoms with E-state index in [1.807, 2.05) is 34.0 Å². The van der Waals surface area contributed by atoms with Crippen molar-refractivity contribution in [3.63, 3.8) is 0 Å². The molecular formula is C26H36N4O3. The molecule has 1 fully saturated rings. The van der Waals surface area contributed by atoms with E-state index in [0.29, 0.717) is 45.0 Å². The van der Waals surface area contributed by atoms with Crippen LogP contribution in [0.2, 0.25) is 0 Å². The van der Waals surface area contributed by atoms with Crippen molar-refractivity contribution in [2.24, 2.45) is 0 Å². The molecule has 2 amide bonds. The molecule has 7 heteroatoms. The number of ether oxygens (including phenoxy) is 1. The van der Waals surface area contributed by atoms with Gasteiger partial charge >= 0.3 is 0 Å². The number of benzene rings is 1. The fraction of sp³-hybridized carbons (Fsp3) is 0.577. The molecule has 2 aliphatic rings. The molecule has 2 aliphatic heterocycles. The van der Waals surface area contributed by atoms with E-state index in [1.165, 1.54) is 12.0 Å². The fourth-order valence-electron chi connectivity index (χ4n) is 4.94. The van der Waals surface area contributed by atoms with E-state index >= 15 is 0 Å². The van der Waals surface area contributed by atoms with Crippen LogP contribution in [0.25, 0.3) is 0 Å². The number of hydrogen-bond donors (Lipinski definition) is 0. The van der Waals surface area contributed by atoms with Gasteiger partial charge in [-0.25, -0.2) is 0 Å². The number of rotatable bonds is 4. The summed E-state index contributed by atoms with van der Waals surface area (Å²) in [5, 5.41) is 4.20. The Labute approximate surface area is 196 Å². The number of amides is 2. The van der Waals surface area contributed by atoms with Crippen LogP contribution in [0.3, 0.4) is 0 Å². The summed E-state index contributed by atoms with van der Waals surface area (Å²) in [5.41, 5.74) is 1.24. The van der Waals surface area contributed by atoms with Gasteiger partial charge in [-0.05, 0) is 68.7 Å². The predicted molar refractivity (Wildman–Crippen MR) is 127 cm³/mol. The number of aromatic nitrogens is 2. The normalized spacial score (nSPS) is 20.4. The van der Waals surface area contributed by atoms with Gasteiger partial charge in [0.05, 0.1) is 6.54 Å². The standard InChI is InChI=1S/C26H36N4O3/c31-25(10-5-16-29-17-6-14-27-29)28-15-4-11-26(32)30-18-2-1-8-23(30)13-12-22-7-3-9-24(21-22)33-20-19-28/h3,6-7,9,14,17,21,23H,1-2,4-5,8,10-13,15-16,18-20H2. The lowest BCUT2D eigenvalue weighted by atomic mass is 9.95. The molecule has 7 nitrogen and oxygen atoms in total. The zero-order valence-corrected chi connectivity index (χ0v) is 19.5. The van der Waals surface area contributed by atoms with Gasteiger partial charge in [0.15, 0.2) is 0 Å². The Hall–Kier alpha value is -2.83. The van der Waals surface area contributed by atoms with Crippen LogP contribution in [0.4, 0.5) is 0 Å². The second-order valence-electron chi connectivity index (χ2n) is 9.13. The molecule has 3 heterocycles. The van der Waals surface area contributed by atoms with Crippen LogP contribution < -0.4 is 4.74 Å². The molecule has 0 spiro atoms. The first-order valence-electron chi connectivity index (χ1n) is 12.5. The molecule has 0 radical (unpaired) electrons. The lowest BCUT2D eigenvalue weighted by molar-refractivity contribution is -0.136. The number of carbonyl (C=O) groups excluding carboxylic acids is 2. The van der Waals surface area contributed by atoms with Crippen molar-refractivity contribution in [3.05, 3.63) is 48.3 Å². The second kappa shape index (κ2) is 11.9. The van der Waals surface area contributed by atoms with E-state index in [-0.39, 0.29) is 11.8 Å².